The van der Waals surface area contributed by atoms with Crippen LogP contribution < -0.4 is 16.0 Å². The monoisotopic (exact) mass is 417 g/mol. The van der Waals surface area contributed by atoms with Crippen molar-refractivity contribution in [1.82, 2.24) is 0 Å². The van der Waals surface area contributed by atoms with E-state index in [0.717, 1.165) is 19.3 Å². The van der Waals surface area contributed by atoms with E-state index in [0.29, 0.717) is 36.3 Å². The third-order valence-corrected chi connectivity index (χ3v) is 5.48. The van der Waals surface area contributed by atoms with Crippen LogP contribution in [0.25, 0.3) is 0 Å². The van der Waals surface area contributed by atoms with E-state index in [1.165, 1.54) is 0 Å². The molecule has 0 aliphatic heterocycles. The van der Waals surface area contributed by atoms with E-state index in [-0.39, 0.29) is 35.5 Å². The van der Waals surface area contributed by atoms with Crippen molar-refractivity contribution < 1.29 is 14.4 Å². The number of benzene rings is 1. The Bertz CT molecular complexity index is 610. The van der Waals surface area contributed by atoms with Gasteiger partial charge in [0.05, 0.1) is 0 Å². The Kier molecular flexibility index (Phi) is 11.2. The number of amides is 3. The molecule has 6 nitrogen and oxygen atoms in total. The predicted molar refractivity (Wildman–Crippen MR) is 125 cm³/mol. The number of nitrogens with one attached hydrogen (secondary N) is 3. The highest BCUT2D eigenvalue weighted by atomic mass is 16.2. The molecule has 3 atom stereocenters. The summed E-state index contributed by atoms with van der Waals surface area (Å²) < 4.78 is 0. The Morgan fingerprint density at radius 3 is 1.03 bits per heavy atom. The molecule has 30 heavy (non-hydrogen) atoms. The first kappa shape index (κ1) is 25.7. The number of carbonyl (C=O) groups excluding carboxylic acids is 3. The molecule has 3 amide bonds. The number of rotatable bonds is 12. The molecule has 0 fully saturated rings. The molecule has 0 aliphatic rings. The third-order valence-electron chi connectivity index (χ3n) is 5.48. The smallest absolute Gasteiger partial charge is 0.224 e. The van der Waals surface area contributed by atoms with Crippen LogP contribution in [0.1, 0.15) is 80.1 Å². The first-order valence-corrected chi connectivity index (χ1v) is 11.2. The van der Waals surface area contributed by atoms with Crippen LogP contribution in [0, 0.1) is 17.8 Å². The number of anilines is 3. The minimum atomic E-state index is -0.0793. The minimum absolute atomic E-state index is 0.0793. The summed E-state index contributed by atoms with van der Waals surface area (Å²) >= 11 is 0. The average molecular weight is 418 g/mol. The van der Waals surface area contributed by atoms with Crippen LogP contribution in [0.15, 0.2) is 18.2 Å². The standard InChI is InChI=1S/C24H39N3O3/c1-7-16(4)10-22(28)25-19-13-20(26-23(29)11-17(5)8-2)15-21(14-19)27-24(30)12-18(6)9-3/h13-18H,7-12H2,1-6H3,(H,25,28)(H,26,29)(H,27,30). The number of hydrogen-bond donors (Lipinski definition) is 3. The van der Waals surface area contributed by atoms with E-state index < -0.39 is 0 Å². The second-order valence-electron chi connectivity index (χ2n) is 8.60. The fraction of sp³-hybridized carbons (Fsp3) is 0.625. The SMILES string of the molecule is CCC(C)CC(=O)Nc1cc(NC(=O)CC(C)CC)cc(NC(=O)CC(C)CC)c1. The highest BCUT2D eigenvalue weighted by molar-refractivity contribution is 5.97. The van der Waals surface area contributed by atoms with Gasteiger partial charge in [0, 0.05) is 36.3 Å². The largest absolute Gasteiger partial charge is 0.326 e. The zero-order chi connectivity index (χ0) is 22.7. The van der Waals surface area contributed by atoms with Gasteiger partial charge in [0.1, 0.15) is 0 Å². The van der Waals surface area contributed by atoms with Crippen LogP contribution >= 0.6 is 0 Å². The molecule has 0 bridgehead atoms. The first-order chi connectivity index (χ1) is 14.2. The first-order valence-electron chi connectivity index (χ1n) is 11.2. The second-order valence-corrected chi connectivity index (χ2v) is 8.60. The van der Waals surface area contributed by atoms with Crippen LogP contribution in [0.5, 0.6) is 0 Å². The molecule has 3 N–H and O–H groups in total. The Labute approximate surface area is 181 Å². The lowest BCUT2D eigenvalue weighted by molar-refractivity contribution is -0.117. The maximum Gasteiger partial charge on any atom is 0.224 e. The minimum Gasteiger partial charge on any atom is -0.326 e. The fourth-order valence-corrected chi connectivity index (χ4v) is 2.86. The summed E-state index contributed by atoms with van der Waals surface area (Å²) in [7, 11) is 0. The van der Waals surface area contributed by atoms with Crippen LogP contribution in [0.2, 0.25) is 0 Å². The highest BCUT2D eigenvalue weighted by Crippen LogP contribution is 2.25. The van der Waals surface area contributed by atoms with Gasteiger partial charge in [-0.1, -0.05) is 60.8 Å². The van der Waals surface area contributed by atoms with Gasteiger partial charge in [0.15, 0.2) is 0 Å². The maximum atomic E-state index is 12.3. The fourth-order valence-electron chi connectivity index (χ4n) is 2.86. The lowest BCUT2D eigenvalue weighted by atomic mass is 10.0. The lowest BCUT2D eigenvalue weighted by Gasteiger charge is -2.15. The van der Waals surface area contributed by atoms with Gasteiger partial charge in [0.2, 0.25) is 17.7 Å². The van der Waals surface area contributed by atoms with Gasteiger partial charge >= 0.3 is 0 Å². The van der Waals surface area contributed by atoms with Crippen LogP contribution in [-0.2, 0) is 14.4 Å². The summed E-state index contributed by atoms with van der Waals surface area (Å²) in [5.74, 6) is 0.632. The summed E-state index contributed by atoms with van der Waals surface area (Å²) in [5, 5.41) is 8.69. The Hall–Kier alpha value is -2.37. The van der Waals surface area contributed by atoms with Crippen molar-refractivity contribution in [3.63, 3.8) is 0 Å². The summed E-state index contributed by atoms with van der Waals surface area (Å²) in [6.07, 6.45) is 4.06. The molecular weight excluding hydrogens is 378 g/mol. The molecule has 0 saturated carbocycles. The van der Waals surface area contributed by atoms with Crippen molar-refractivity contribution in [3.05, 3.63) is 18.2 Å². The Morgan fingerprint density at radius 2 is 0.833 bits per heavy atom. The van der Waals surface area contributed by atoms with Crippen LogP contribution in [0.3, 0.4) is 0 Å². The molecule has 0 aliphatic carbocycles. The molecule has 0 spiro atoms. The van der Waals surface area contributed by atoms with Crippen molar-refractivity contribution in [2.45, 2.75) is 80.1 Å². The number of carbonyl (C=O) groups is 3. The second kappa shape index (κ2) is 13.0. The van der Waals surface area contributed by atoms with Crippen molar-refractivity contribution in [2.75, 3.05) is 16.0 Å². The van der Waals surface area contributed by atoms with Gasteiger partial charge in [-0.3, -0.25) is 14.4 Å². The van der Waals surface area contributed by atoms with E-state index in [1.807, 2.05) is 20.8 Å². The van der Waals surface area contributed by atoms with E-state index in [1.54, 1.807) is 18.2 Å². The van der Waals surface area contributed by atoms with Crippen molar-refractivity contribution in [3.8, 4) is 0 Å². The Morgan fingerprint density at radius 1 is 0.600 bits per heavy atom. The average Bonchev–Trinajstić information content (AvgIpc) is 2.66. The van der Waals surface area contributed by atoms with Crippen molar-refractivity contribution in [2.24, 2.45) is 17.8 Å². The van der Waals surface area contributed by atoms with Gasteiger partial charge in [-0.15, -0.1) is 0 Å². The molecule has 0 heterocycles. The highest BCUT2D eigenvalue weighted by Gasteiger charge is 2.13. The molecule has 3 unspecified atom stereocenters. The van der Waals surface area contributed by atoms with Crippen molar-refractivity contribution in [1.29, 1.82) is 0 Å². The van der Waals surface area contributed by atoms with E-state index >= 15 is 0 Å². The van der Waals surface area contributed by atoms with Gasteiger partial charge in [-0.25, -0.2) is 0 Å². The summed E-state index contributed by atoms with van der Waals surface area (Å²) in [6, 6.07) is 5.19. The predicted octanol–water partition coefficient (Wildman–Crippen LogP) is 5.81. The molecule has 0 aromatic heterocycles. The molecule has 0 radical (unpaired) electrons. The third kappa shape index (κ3) is 9.90. The van der Waals surface area contributed by atoms with E-state index in [9.17, 15) is 14.4 Å². The van der Waals surface area contributed by atoms with Crippen LogP contribution in [-0.4, -0.2) is 17.7 Å². The summed E-state index contributed by atoms with van der Waals surface area (Å²) in [6.45, 7) is 12.3. The summed E-state index contributed by atoms with van der Waals surface area (Å²) in [5.41, 5.74) is 1.68. The normalized spacial score (nSPS) is 13.8. The molecule has 0 saturated heterocycles. The topological polar surface area (TPSA) is 87.3 Å². The molecule has 1 aromatic carbocycles. The van der Waals surface area contributed by atoms with Crippen molar-refractivity contribution >= 4 is 34.8 Å². The van der Waals surface area contributed by atoms with Gasteiger partial charge in [-0.05, 0) is 36.0 Å². The zero-order valence-electron chi connectivity index (χ0n) is 19.4. The summed E-state index contributed by atoms with van der Waals surface area (Å²) in [4.78, 5) is 37.0. The zero-order valence-corrected chi connectivity index (χ0v) is 19.4. The molecule has 1 aromatic rings. The molecule has 1 rings (SSSR count). The molecular formula is C24H39N3O3. The van der Waals surface area contributed by atoms with Crippen LogP contribution in [0.4, 0.5) is 17.1 Å². The Balaban J connectivity index is 3.00. The van der Waals surface area contributed by atoms with Gasteiger partial charge in [-0.2, -0.15) is 0 Å². The van der Waals surface area contributed by atoms with Gasteiger partial charge in [0.25, 0.3) is 0 Å². The van der Waals surface area contributed by atoms with Gasteiger partial charge < -0.3 is 16.0 Å². The maximum absolute atomic E-state index is 12.3. The molecule has 168 valence electrons. The van der Waals surface area contributed by atoms with E-state index in [4.69, 9.17) is 0 Å². The van der Waals surface area contributed by atoms with E-state index in [2.05, 4.69) is 36.7 Å². The lowest BCUT2D eigenvalue weighted by Crippen LogP contribution is -2.18. The quantitative estimate of drug-likeness (QED) is 0.401. The number of hydrogen-bond acceptors (Lipinski definition) is 3. The molecule has 6 heteroatoms.